The number of ether oxygens (including phenoxy) is 1. The minimum absolute atomic E-state index is 0.312. The fourth-order valence-electron chi connectivity index (χ4n) is 0.811. The normalized spacial score (nSPS) is 18.0. The summed E-state index contributed by atoms with van der Waals surface area (Å²) < 4.78 is 17.4. The van der Waals surface area contributed by atoms with Gasteiger partial charge in [-0.15, -0.1) is 0 Å². The summed E-state index contributed by atoms with van der Waals surface area (Å²) in [7, 11) is 1.45. The monoisotopic (exact) mass is 140 g/mol. The molecule has 0 fully saturated rings. The lowest BCUT2D eigenvalue weighted by atomic mass is 10.1. The van der Waals surface area contributed by atoms with Crippen molar-refractivity contribution in [1.82, 2.24) is 0 Å². The van der Waals surface area contributed by atoms with E-state index in [0.29, 0.717) is 12.2 Å². The van der Waals surface area contributed by atoms with Gasteiger partial charge in [0.25, 0.3) is 0 Å². The molecule has 1 aliphatic carbocycles. The summed E-state index contributed by atoms with van der Waals surface area (Å²) in [5.74, 6) is -0.0221. The molecule has 0 radical (unpaired) electrons. The van der Waals surface area contributed by atoms with Gasteiger partial charge in [0.1, 0.15) is 0 Å². The zero-order valence-electron chi connectivity index (χ0n) is 5.86. The second-order valence-electron chi connectivity index (χ2n) is 2.13. The van der Waals surface area contributed by atoms with Crippen molar-refractivity contribution in [1.29, 1.82) is 0 Å². The average molecular weight is 140 g/mol. The van der Waals surface area contributed by atoms with Gasteiger partial charge < -0.3 is 4.74 Å². The molecule has 10 heavy (non-hydrogen) atoms. The van der Waals surface area contributed by atoms with Crippen LogP contribution in [0.15, 0.2) is 35.9 Å². The molecule has 0 spiro atoms. The molecule has 0 unspecified atom stereocenters. The van der Waals surface area contributed by atoms with Gasteiger partial charge in [0.2, 0.25) is 0 Å². The van der Waals surface area contributed by atoms with Gasteiger partial charge >= 0.3 is 0 Å². The van der Waals surface area contributed by atoms with Crippen molar-refractivity contribution >= 4 is 0 Å². The number of methoxy groups -OCH3 is 1. The maximum absolute atomic E-state index is 12.7. The highest BCUT2D eigenvalue weighted by Gasteiger charge is 2.08. The minimum Gasteiger partial charge on any atom is -0.494 e. The Morgan fingerprint density at radius 1 is 1.70 bits per heavy atom. The van der Waals surface area contributed by atoms with Crippen LogP contribution in [0.2, 0.25) is 0 Å². The maximum Gasteiger partial charge on any atom is 0.164 e. The zero-order chi connectivity index (χ0) is 7.56. The van der Waals surface area contributed by atoms with E-state index in [2.05, 4.69) is 6.58 Å². The van der Waals surface area contributed by atoms with Gasteiger partial charge in [-0.3, -0.25) is 0 Å². The predicted octanol–water partition coefficient (Wildman–Crippen LogP) is 2.33. The Balaban J connectivity index is 2.81. The van der Waals surface area contributed by atoms with Crippen molar-refractivity contribution in [2.45, 2.75) is 6.42 Å². The van der Waals surface area contributed by atoms with Crippen molar-refractivity contribution in [3.05, 3.63) is 35.9 Å². The molecule has 0 bridgehead atoms. The Morgan fingerprint density at radius 2 is 2.40 bits per heavy atom. The summed E-state index contributed by atoms with van der Waals surface area (Å²) in [6.45, 7) is 3.62. The van der Waals surface area contributed by atoms with E-state index < -0.39 is 0 Å². The fourth-order valence-corrected chi connectivity index (χ4v) is 0.811. The van der Waals surface area contributed by atoms with Gasteiger partial charge in [-0.05, 0) is 24.1 Å². The van der Waals surface area contributed by atoms with E-state index in [4.69, 9.17) is 4.74 Å². The van der Waals surface area contributed by atoms with E-state index in [1.165, 1.54) is 13.2 Å². The predicted molar refractivity (Wildman–Crippen MR) is 38.0 cm³/mol. The first-order chi connectivity index (χ1) is 4.74. The first kappa shape index (κ1) is 7.06. The summed E-state index contributed by atoms with van der Waals surface area (Å²) in [5.41, 5.74) is 0.776. The number of rotatable bonds is 1. The van der Waals surface area contributed by atoms with E-state index in [-0.39, 0.29) is 5.83 Å². The van der Waals surface area contributed by atoms with Crippen LogP contribution in [0, 0.1) is 0 Å². The Morgan fingerprint density at radius 3 is 2.90 bits per heavy atom. The van der Waals surface area contributed by atoms with Crippen LogP contribution in [0.5, 0.6) is 0 Å². The Kier molecular flexibility index (Phi) is 1.90. The summed E-state index contributed by atoms with van der Waals surface area (Å²) in [6, 6.07) is 0. The molecular weight excluding hydrogens is 131 g/mol. The molecule has 0 N–H and O–H groups in total. The van der Waals surface area contributed by atoms with Crippen molar-refractivity contribution in [3.63, 3.8) is 0 Å². The molecule has 2 heteroatoms. The second kappa shape index (κ2) is 2.69. The van der Waals surface area contributed by atoms with Crippen LogP contribution in [0.4, 0.5) is 4.39 Å². The van der Waals surface area contributed by atoms with Crippen LogP contribution in [0.1, 0.15) is 6.42 Å². The van der Waals surface area contributed by atoms with Crippen molar-refractivity contribution in [2.75, 3.05) is 7.11 Å². The third kappa shape index (κ3) is 1.26. The minimum atomic E-state index is -0.334. The van der Waals surface area contributed by atoms with E-state index in [1.54, 1.807) is 6.08 Å². The Hall–Kier alpha value is -1.05. The highest BCUT2D eigenvalue weighted by Crippen LogP contribution is 2.22. The lowest BCUT2D eigenvalue weighted by Crippen LogP contribution is -1.93. The molecule has 0 aromatic carbocycles. The molecular formula is C8H9FO. The molecule has 0 saturated heterocycles. The number of hydrogen-bond donors (Lipinski definition) is 0. The van der Waals surface area contributed by atoms with Gasteiger partial charge in [0.15, 0.2) is 11.6 Å². The van der Waals surface area contributed by atoms with Crippen LogP contribution in [0.25, 0.3) is 0 Å². The Bertz CT molecular complexity index is 213. The number of allylic oxidation sites excluding steroid dienone is 4. The van der Waals surface area contributed by atoms with Crippen molar-refractivity contribution in [2.24, 2.45) is 0 Å². The maximum atomic E-state index is 12.7. The third-order valence-corrected chi connectivity index (χ3v) is 1.34. The summed E-state index contributed by atoms with van der Waals surface area (Å²) in [5, 5.41) is 0. The molecule has 0 aliphatic heterocycles. The van der Waals surface area contributed by atoms with E-state index in [0.717, 1.165) is 5.57 Å². The van der Waals surface area contributed by atoms with Crippen LogP contribution in [0.3, 0.4) is 0 Å². The van der Waals surface area contributed by atoms with Gasteiger partial charge in [-0.2, -0.15) is 0 Å². The first-order valence-corrected chi connectivity index (χ1v) is 3.03. The number of halogens is 1. The standard InChI is InChI=1S/C8H9FO/c1-6-3-4-8(10-2)7(9)5-6/h4-5H,1,3H2,2H3. The highest BCUT2D eigenvalue weighted by molar-refractivity contribution is 5.34. The molecule has 0 saturated carbocycles. The summed E-state index contributed by atoms with van der Waals surface area (Å²) >= 11 is 0. The second-order valence-corrected chi connectivity index (χ2v) is 2.13. The average Bonchev–Trinajstić information content (AvgIpc) is 1.88. The first-order valence-electron chi connectivity index (χ1n) is 3.03. The van der Waals surface area contributed by atoms with Gasteiger partial charge in [-0.1, -0.05) is 6.58 Å². The van der Waals surface area contributed by atoms with Crippen LogP contribution >= 0.6 is 0 Å². The Labute approximate surface area is 59.5 Å². The summed E-state index contributed by atoms with van der Waals surface area (Å²) in [4.78, 5) is 0. The van der Waals surface area contributed by atoms with Crippen LogP contribution in [-0.2, 0) is 4.74 Å². The lowest BCUT2D eigenvalue weighted by molar-refractivity contribution is 0.280. The lowest BCUT2D eigenvalue weighted by Gasteiger charge is -2.08. The zero-order valence-corrected chi connectivity index (χ0v) is 5.86. The summed E-state index contributed by atoms with van der Waals surface area (Å²) in [6.07, 6.45) is 3.74. The SMILES string of the molecule is C=C1C=C(F)C(OC)=CC1. The van der Waals surface area contributed by atoms with Crippen molar-refractivity contribution < 1.29 is 9.13 Å². The molecule has 0 aromatic heterocycles. The van der Waals surface area contributed by atoms with Gasteiger partial charge in [0.05, 0.1) is 7.11 Å². The molecule has 0 heterocycles. The third-order valence-electron chi connectivity index (χ3n) is 1.34. The largest absolute Gasteiger partial charge is 0.494 e. The molecule has 0 atom stereocenters. The highest BCUT2D eigenvalue weighted by atomic mass is 19.1. The quantitative estimate of drug-likeness (QED) is 0.543. The molecule has 54 valence electrons. The molecule has 1 rings (SSSR count). The van der Waals surface area contributed by atoms with Gasteiger partial charge in [-0.25, -0.2) is 4.39 Å². The van der Waals surface area contributed by atoms with Crippen LogP contribution in [-0.4, -0.2) is 7.11 Å². The van der Waals surface area contributed by atoms with E-state index in [1.807, 2.05) is 0 Å². The number of hydrogen-bond acceptors (Lipinski definition) is 1. The molecule has 1 nitrogen and oxygen atoms in total. The molecule has 0 aromatic rings. The fraction of sp³-hybridized carbons (Fsp3) is 0.250. The van der Waals surface area contributed by atoms with E-state index in [9.17, 15) is 4.39 Å². The van der Waals surface area contributed by atoms with Gasteiger partial charge in [0, 0.05) is 0 Å². The molecule has 1 aliphatic rings. The van der Waals surface area contributed by atoms with Crippen LogP contribution < -0.4 is 0 Å². The van der Waals surface area contributed by atoms with E-state index >= 15 is 0 Å². The van der Waals surface area contributed by atoms with Crippen molar-refractivity contribution in [3.8, 4) is 0 Å². The molecule has 0 amide bonds. The topological polar surface area (TPSA) is 9.23 Å². The smallest absolute Gasteiger partial charge is 0.164 e.